The van der Waals surface area contributed by atoms with Gasteiger partial charge in [-0.15, -0.1) is 0 Å². The fourth-order valence-corrected chi connectivity index (χ4v) is 3.69. The third-order valence-electron chi connectivity index (χ3n) is 5.04. The third-order valence-corrected chi connectivity index (χ3v) is 5.04. The van der Waals surface area contributed by atoms with E-state index in [4.69, 9.17) is 14.6 Å². The van der Waals surface area contributed by atoms with Gasteiger partial charge in [-0.25, -0.2) is 4.68 Å². The molecule has 2 aliphatic rings. The van der Waals surface area contributed by atoms with Gasteiger partial charge in [0.15, 0.2) is 0 Å². The van der Waals surface area contributed by atoms with E-state index in [9.17, 15) is 0 Å². The number of aromatic nitrogens is 2. The molecule has 0 aliphatic carbocycles. The van der Waals surface area contributed by atoms with E-state index in [0.717, 1.165) is 63.1 Å². The number of rotatable bonds is 3. The van der Waals surface area contributed by atoms with E-state index in [1.165, 1.54) is 11.1 Å². The normalized spacial score (nSPS) is 21.3. The number of fused-ring (bicyclic) bond motifs is 1. The fourth-order valence-electron chi connectivity index (χ4n) is 3.69. The molecule has 2 aliphatic heterocycles. The summed E-state index contributed by atoms with van der Waals surface area (Å²) >= 11 is 0. The van der Waals surface area contributed by atoms with Crippen molar-refractivity contribution in [1.82, 2.24) is 14.7 Å². The Morgan fingerprint density at radius 3 is 2.75 bits per heavy atom. The highest BCUT2D eigenvalue weighted by Gasteiger charge is 2.27. The van der Waals surface area contributed by atoms with Crippen molar-refractivity contribution in [3.63, 3.8) is 0 Å². The monoisotopic (exact) mass is 327 g/mol. The van der Waals surface area contributed by atoms with Gasteiger partial charge in [0.25, 0.3) is 0 Å². The van der Waals surface area contributed by atoms with E-state index >= 15 is 0 Å². The summed E-state index contributed by atoms with van der Waals surface area (Å²) in [6.07, 6.45) is 0. The van der Waals surface area contributed by atoms with Gasteiger partial charge >= 0.3 is 0 Å². The van der Waals surface area contributed by atoms with E-state index in [1.54, 1.807) is 0 Å². The molecule has 0 spiro atoms. The standard InChI is InChI=1S/C19H25N3O2/c1-14-5-3-4-6-17(14)18-15(2)19-22(20-18)12-16(13-24-19)11-21-7-9-23-10-8-21/h3-6,16H,7-13H2,1-2H3. The summed E-state index contributed by atoms with van der Waals surface area (Å²) in [5.41, 5.74) is 4.65. The molecule has 0 N–H and O–H groups in total. The van der Waals surface area contributed by atoms with Crippen LogP contribution in [0.15, 0.2) is 24.3 Å². The van der Waals surface area contributed by atoms with Crippen LogP contribution in [0.2, 0.25) is 0 Å². The van der Waals surface area contributed by atoms with Crippen LogP contribution in [-0.2, 0) is 11.3 Å². The van der Waals surface area contributed by atoms with E-state index in [2.05, 4.69) is 47.7 Å². The fraction of sp³-hybridized carbons (Fsp3) is 0.526. The Hall–Kier alpha value is -1.85. The molecule has 5 nitrogen and oxygen atoms in total. The molecule has 4 rings (SSSR count). The first kappa shape index (κ1) is 15.7. The van der Waals surface area contributed by atoms with E-state index in [-0.39, 0.29) is 0 Å². The molecule has 0 bridgehead atoms. The van der Waals surface area contributed by atoms with Crippen LogP contribution in [0, 0.1) is 19.8 Å². The van der Waals surface area contributed by atoms with Gasteiger partial charge < -0.3 is 9.47 Å². The third kappa shape index (κ3) is 2.94. The first-order valence-electron chi connectivity index (χ1n) is 8.78. The summed E-state index contributed by atoms with van der Waals surface area (Å²) in [5, 5.41) is 4.87. The number of benzene rings is 1. The number of hydrogen-bond donors (Lipinski definition) is 0. The van der Waals surface area contributed by atoms with Crippen LogP contribution in [-0.4, -0.2) is 54.1 Å². The van der Waals surface area contributed by atoms with Crippen molar-refractivity contribution >= 4 is 0 Å². The number of hydrogen-bond acceptors (Lipinski definition) is 4. The number of aryl methyl sites for hydroxylation is 1. The highest BCUT2D eigenvalue weighted by atomic mass is 16.5. The second kappa shape index (κ2) is 6.57. The highest BCUT2D eigenvalue weighted by Crippen LogP contribution is 2.34. The van der Waals surface area contributed by atoms with Crippen molar-refractivity contribution < 1.29 is 9.47 Å². The SMILES string of the molecule is Cc1ccccc1-c1nn2c(c1C)OCC(CN1CCOCC1)C2. The molecule has 3 heterocycles. The summed E-state index contributed by atoms with van der Waals surface area (Å²) < 4.78 is 13.6. The van der Waals surface area contributed by atoms with Crippen molar-refractivity contribution in [1.29, 1.82) is 0 Å². The van der Waals surface area contributed by atoms with Crippen molar-refractivity contribution in [3.8, 4) is 17.1 Å². The minimum Gasteiger partial charge on any atom is -0.477 e. The molecule has 1 saturated heterocycles. The highest BCUT2D eigenvalue weighted by molar-refractivity contribution is 5.68. The zero-order valence-corrected chi connectivity index (χ0v) is 14.5. The second-order valence-corrected chi connectivity index (χ2v) is 6.87. The maximum atomic E-state index is 6.09. The molecular formula is C19H25N3O2. The molecule has 1 aromatic carbocycles. The summed E-state index contributed by atoms with van der Waals surface area (Å²) in [6.45, 7) is 10.7. The van der Waals surface area contributed by atoms with Crippen LogP contribution < -0.4 is 4.74 Å². The minimum absolute atomic E-state index is 0.486. The van der Waals surface area contributed by atoms with Crippen molar-refractivity contribution in [2.75, 3.05) is 39.5 Å². The predicted molar refractivity (Wildman–Crippen MR) is 93.4 cm³/mol. The summed E-state index contributed by atoms with van der Waals surface area (Å²) in [6, 6.07) is 8.41. The molecule has 0 saturated carbocycles. The largest absolute Gasteiger partial charge is 0.477 e. The average Bonchev–Trinajstić information content (AvgIpc) is 2.92. The maximum Gasteiger partial charge on any atom is 0.215 e. The smallest absolute Gasteiger partial charge is 0.215 e. The zero-order chi connectivity index (χ0) is 16.5. The van der Waals surface area contributed by atoms with Crippen LogP contribution >= 0.6 is 0 Å². The zero-order valence-electron chi connectivity index (χ0n) is 14.5. The van der Waals surface area contributed by atoms with Gasteiger partial charge in [0.05, 0.1) is 32.1 Å². The van der Waals surface area contributed by atoms with Gasteiger partial charge in [0, 0.05) is 36.7 Å². The molecule has 1 fully saturated rings. The van der Waals surface area contributed by atoms with Crippen molar-refractivity contribution in [2.24, 2.45) is 5.92 Å². The minimum atomic E-state index is 0.486. The van der Waals surface area contributed by atoms with Gasteiger partial charge in [0.2, 0.25) is 5.88 Å². The molecule has 1 aromatic heterocycles. The lowest BCUT2D eigenvalue weighted by Gasteiger charge is -2.32. The van der Waals surface area contributed by atoms with Gasteiger partial charge in [0.1, 0.15) is 0 Å². The first-order chi connectivity index (χ1) is 11.7. The molecule has 1 unspecified atom stereocenters. The molecule has 24 heavy (non-hydrogen) atoms. The Labute approximate surface area is 143 Å². The van der Waals surface area contributed by atoms with Crippen LogP contribution in [0.1, 0.15) is 11.1 Å². The molecule has 5 heteroatoms. The first-order valence-corrected chi connectivity index (χ1v) is 8.78. The summed E-state index contributed by atoms with van der Waals surface area (Å²) in [5.74, 6) is 1.42. The number of nitrogens with zero attached hydrogens (tertiary/aromatic N) is 3. The Balaban J connectivity index is 1.54. The molecule has 1 atom stereocenters. The van der Waals surface area contributed by atoms with Crippen molar-refractivity contribution in [3.05, 3.63) is 35.4 Å². The summed E-state index contributed by atoms with van der Waals surface area (Å²) in [4.78, 5) is 2.47. The molecule has 128 valence electrons. The Kier molecular flexibility index (Phi) is 4.29. The van der Waals surface area contributed by atoms with Gasteiger partial charge in [-0.1, -0.05) is 24.3 Å². The lowest BCUT2D eigenvalue weighted by molar-refractivity contribution is 0.0202. The number of morpholine rings is 1. The molecule has 2 aromatic rings. The van der Waals surface area contributed by atoms with Gasteiger partial charge in [-0.3, -0.25) is 4.90 Å². The maximum absolute atomic E-state index is 6.09. The van der Waals surface area contributed by atoms with Crippen molar-refractivity contribution in [2.45, 2.75) is 20.4 Å². The average molecular weight is 327 g/mol. The van der Waals surface area contributed by atoms with Crippen LogP contribution in [0.4, 0.5) is 0 Å². The summed E-state index contributed by atoms with van der Waals surface area (Å²) in [7, 11) is 0. The quantitative estimate of drug-likeness (QED) is 0.868. The lowest BCUT2D eigenvalue weighted by Crippen LogP contribution is -2.42. The second-order valence-electron chi connectivity index (χ2n) is 6.87. The topological polar surface area (TPSA) is 39.5 Å². The lowest BCUT2D eigenvalue weighted by atomic mass is 10.0. The Morgan fingerprint density at radius 1 is 1.17 bits per heavy atom. The Bertz CT molecular complexity index is 719. The van der Waals surface area contributed by atoms with Crippen LogP contribution in [0.5, 0.6) is 5.88 Å². The van der Waals surface area contributed by atoms with E-state index in [1.807, 2.05) is 0 Å². The number of ether oxygens (including phenoxy) is 2. The van der Waals surface area contributed by atoms with E-state index < -0.39 is 0 Å². The predicted octanol–water partition coefficient (Wildman–Crippen LogP) is 2.51. The van der Waals surface area contributed by atoms with Gasteiger partial charge in [-0.2, -0.15) is 5.10 Å². The van der Waals surface area contributed by atoms with Crippen LogP contribution in [0.3, 0.4) is 0 Å². The Morgan fingerprint density at radius 2 is 1.96 bits per heavy atom. The van der Waals surface area contributed by atoms with Gasteiger partial charge in [-0.05, 0) is 19.4 Å². The molecular weight excluding hydrogens is 302 g/mol. The molecule has 0 amide bonds. The van der Waals surface area contributed by atoms with E-state index in [0.29, 0.717) is 5.92 Å². The van der Waals surface area contributed by atoms with Crippen LogP contribution in [0.25, 0.3) is 11.3 Å². The molecule has 0 radical (unpaired) electrons.